The third-order valence-electron chi connectivity index (χ3n) is 7.56. The molecule has 3 nitrogen and oxygen atoms in total. The molecule has 0 saturated heterocycles. The first-order valence-corrected chi connectivity index (χ1v) is 12.8. The van der Waals surface area contributed by atoms with E-state index in [1.165, 1.54) is 33.0 Å². The largest absolute Gasteiger partial charge is 0.490 e. The van der Waals surface area contributed by atoms with E-state index < -0.39 is 0 Å². The summed E-state index contributed by atoms with van der Waals surface area (Å²) in [7, 11) is 0. The predicted molar refractivity (Wildman–Crippen MR) is 144 cm³/mol. The molecule has 1 aliphatic heterocycles. The molecule has 0 spiro atoms. The monoisotopic (exact) mass is 465 g/mol. The van der Waals surface area contributed by atoms with Crippen LogP contribution in [0.4, 0.5) is 0 Å². The average molecular weight is 466 g/mol. The van der Waals surface area contributed by atoms with E-state index in [1.807, 2.05) is 6.07 Å². The van der Waals surface area contributed by atoms with Gasteiger partial charge < -0.3 is 15.2 Å². The van der Waals surface area contributed by atoms with Gasteiger partial charge in [-0.15, -0.1) is 0 Å². The molecule has 1 heterocycles. The summed E-state index contributed by atoms with van der Waals surface area (Å²) in [5.74, 6) is 1.29. The van der Waals surface area contributed by atoms with Crippen molar-refractivity contribution in [2.24, 2.45) is 0 Å². The summed E-state index contributed by atoms with van der Waals surface area (Å²) < 4.78 is 6.45. The van der Waals surface area contributed by atoms with Gasteiger partial charge in [0.1, 0.15) is 5.75 Å². The van der Waals surface area contributed by atoms with Crippen LogP contribution in [0.3, 0.4) is 0 Å². The molecular weight excluding hydrogens is 430 g/mol. The summed E-state index contributed by atoms with van der Waals surface area (Å²) in [5, 5.41) is 16.1. The van der Waals surface area contributed by atoms with Crippen molar-refractivity contribution in [2.75, 3.05) is 6.54 Å². The van der Waals surface area contributed by atoms with Crippen molar-refractivity contribution < 1.29 is 9.84 Å². The van der Waals surface area contributed by atoms with Crippen LogP contribution in [0.5, 0.6) is 5.75 Å². The van der Waals surface area contributed by atoms with E-state index in [4.69, 9.17) is 4.74 Å². The number of nitrogens with one attached hydrogen (secondary N) is 1. The second-order valence-corrected chi connectivity index (χ2v) is 9.74. The molecule has 180 valence electrons. The van der Waals surface area contributed by atoms with E-state index in [0.717, 1.165) is 37.1 Å². The molecule has 0 unspecified atom stereocenters. The molecule has 0 saturated carbocycles. The summed E-state index contributed by atoms with van der Waals surface area (Å²) in [4.78, 5) is 0. The second kappa shape index (κ2) is 10.6. The molecule has 0 bridgehead atoms. The molecule has 5 rings (SSSR count). The van der Waals surface area contributed by atoms with Gasteiger partial charge in [0.15, 0.2) is 0 Å². The minimum absolute atomic E-state index is 0.0779. The molecule has 4 aromatic rings. The van der Waals surface area contributed by atoms with E-state index in [0.29, 0.717) is 12.0 Å². The van der Waals surface area contributed by atoms with Crippen molar-refractivity contribution in [3.05, 3.63) is 113 Å². The molecule has 0 amide bonds. The van der Waals surface area contributed by atoms with Gasteiger partial charge in [0.25, 0.3) is 0 Å². The summed E-state index contributed by atoms with van der Waals surface area (Å²) in [6.45, 7) is 5.42. The maximum absolute atomic E-state index is 9.79. The van der Waals surface area contributed by atoms with E-state index >= 15 is 0 Å². The zero-order valence-corrected chi connectivity index (χ0v) is 20.7. The van der Waals surface area contributed by atoms with Crippen LogP contribution in [-0.4, -0.2) is 17.8 Å². The molecule has 3 atom stereocenters. The van der Waals surface area contributed by atoms with Gasteiger partial charge in [0.05, 0.1) is 12.7 Å². The Morgan fingerprint density at radius 1 is 0.914 bits per heavy atom. The van der Waals surface area contributed by atoms with E-state index in [2.05, 4.69) is 98.0 Å². The standard InChI is InChI=1S/C32H35NO2/c1-22-25(21-34)12-8-16-27(22)31-20-26(35-32-18-6-5-15-30(31)32)13-9-19-33-23(2)28-17-7-11-24-10-3-4-14-29(24)28/h3-8,10-12,14-18,23,26,31,33-34H,9,13,19-21H2,1-2H3/t23-,26+,31+/m1/s1. The Morgan fingerprint density at radius 3 is 2.54 bits per heavy atom. The minimum atomic E-state index is 0.0779. The molecule has 4 aromatic carbocycles. The summed E-state index contributed by atoms with van der Waals surface area (Å²) in [6, 6.07) is 30.2. The number of hydrogen-bond acceptors (Lipinski definition) is 3. The molecular formula is C32H35NO2. The molecule has 35 heavy (non-hydrogen) atoms. The number of rotatable bonds is 8. The number of benzene rings is 4. The van der Waals surface area contributed by atoms with Gasteiger partial charge in [-0.05, 0) is 78.7 Å². The highest BCUT2D eigenvalue weighted by molar-refractivity contribution is 5.86. The smallest absolute Gasteiger partial charge is 0.123 e. The first kappa shape index (κ1) is 23.6. The molecule has 0 aliphatic carbocycles. The van der Waals surface area contributed by atoms with E-state index in [9.17, 15) is 5.11 Å². The van der Waals surface area contributed by atoms with Gasteiger partial charge in [-0.1, -0.05) is 78.9 Å². The number of hydrogen-bond donors (Lipinski definition) is 2. The van der Waals surface area contributed by atoms with Crippen molar-refractivity contribution in [3.63, 3.8) is 0 Å². The van der Waals surface area contributed by atoms with Crippen LogP contribution in [0.2, 0.25) is 0 Å². The lowest BCUT2D eigenvalue weighted by Gasteiger charge is -2.33. The molecule has 0 fully saturated rings. The van der Waals surface area contributed by atoms with Gasteiger partial charge in [-0.2, -0.15) is 0 Å². The lowest BCUT2D eigenvalue weighted by atomic mass is 9.80. The van der Waals surface area contributed by atoms with Crippen LogP contribution in [0.25, 0.3) is 10.8 Å². The highest BCUT2D eigenvalue weighted by Gasteiger charge is 2.30. The topological polar surface area (TPSA) is 41.5 Å². The summed E-state index contributed by atoms with van der Waals surface area (Å²) >= 11 is 0. The fourth-order valence-corrected chi connectivity index (χ4v) is 5.60. The molecule has 3 heteroatoms. The van der Waals surface area contributed by atoms with Crippen molar-refractivity contribution in [3.8, 4) is 5.75 Å². The fraction of sp³-hybridized carbons (Fsp3) is 0.312. The van der Waals surface area contributed by atoms with Crippen LogP contribution in [-0.2, 0) is 6.61 Å². The van der Waals surface area contributed by atoms with Crippen molar-refractivity contribution in [1.29, 1.82) is 0 Å². The first-order valence-electron chi connectivity index (χ1n) is 12.8. The number of ether oxygens (including phenoxy) is 1. The maximum atomic E-state index is 9.79. The van der Waals surface area contributed by atoms with Crippen molar-refractivity contribution in [1.82, 2.24) is 5.32 Å². The molecule has 1 aliphatic rings. The molecule has 0 radical (unpaired) electrons. The third kappa shape index (κ3) is 4.98. The van der Waals surface area contributed by atoms with Crippen LogP contribution in [0.1, 0.15) is 66.0 Å². The Balaban J connectivity index is 1.25. The normalized spacial score (nSPS) is 18.1. The molecule has 0 aromatic heterocycles. The highest BCUT2D eigenvalue weighted by Crippen LogP contribution is 2.42. The maximum Gasteiger partial charge on any atom is 0.123 e. The fourth-order valence-electron chi connectivity index (χ4n) is 5.60. The van der Waals surface area contributed by atoms with Gasteiger partial charge in [0, 0.05) is 17.5 Å². The minimum Gasteiger partial charge on any atom is -0.490 e. The Labute approximate surface area is 208 Å². The lowest BCUT2D eigenvalue weighted by Crippen LogP contribution is -2.28. The van der Waals surface area contributed by atoms with Crippen LogP contribution >= 0.6 is 0 Å². The quantitative estimate of drug-likeness (QED) is 0.274. The number of para-hydroxylation sites is 1. The average Bonchev–Trinajstić information content (AvgIpc) is 2.90. The van der Waals surface area contributed by atoms with Crippen LogP contribution in [0.15, 0.2) is 84.9 Å². The Kier molecular flexibility index (Phi) is 7.17. The third-order valence-corrected chi connectivity index (χ3v) is 7.56. The molecule has 2 N–H and O–H groups in total. The van der Waals surface area contributed by atoms with Crippen LogP contribution in [0, 0.1) is 6.92 Å². The SMILES string of the molecule is Cc1c(CO)cccc1[C@@H]1C[C@H](CCCN[C@H](C)c2cccc3ccccc23)Oc2ccccc21. The first-order chi connectivity index (χ1) is 17.2. The van der Waals surface area contributed by atoms with Crippen molar-refractivity contribution in [2.45, 2.75) is 57.8 Å². The van der Waals surface area contributed by atoms with Gasteiger partial charge in [-0.3, -0.25) is 0 Å². The van der Waals surface area contributed by atoms with Gasteiger partial charge in [-0.25, -0.2) is 0 Å². The predicted octanol–water partition coefficient (Wildman–Crippen LogP) is 7.05. The van der Waals surface area contributed by atoms with E-state index in [-0.39, 0.29) is 12.7 Å². The van der Waals surface area contributed by atoms with Gasteiger partial charge in [0.2, 0.25) is 0 Å². The number of aliphatic hydroxyl groups excluding tert-OH is 1. The number of fused-ring (bicyclic) bond motifs is 2. The highest BCUT2D eigenvalue weighted by atomic mass is 16.5. The lowest BCUT2D eigenvalue weighted by molar-refractivity contribution is 0.152. The summed E-state index contributed by atoms with van der Waals surface area (Å²) in [6.07, 6.45) is 3.22. The summed E-state index contributed by atoms with van der Waals surface area (Å²) in [5.41, 5.74) is 6.12. The van der Waals surface area contributed by atoms with Crippen molar-refractivity contribution >= 4 is 10.8 Å². The Hall–Kier alpha value is -3.14. The second-order valence-electron chi connectivity index (χ2n) is 9.74. The van der Waals surface area contributed by atoms with E-state index in [1.54, 1.807) is 0 Å². The zero-order valence-electron chi connectivity index (χ0n) is 20.7. The van der Waals surface area contributed by atoms with Gasteiger partial charge >= 0.3 is 0 Å². The number of aliphatic hydroxyl groups is 1. The zero-order chi connectivity index (χ0) is 24.2. The van der Waals surface area contributed by atoms with Crippen LogP contribution < -0.4 is 10.1 Å². The Morgan fingerprint density at radius 2 is 1.66 bits per heavy atom. The Bertz CT molecular complexity index is 1290.